The fourth-order valence-electron chi connectivity index (χ4n) is 2.94. The van der Waals surface area contributed by atoms with Crippen LogP contribution in [0.25, 0.3) is 22.2 Å². The normalized spacial score (nSPS) is 14.5. The molecule has 1 aliphatic carbocycles. The second-order valence-corrected chi connectivity index (χ2v) is 6.44. The fraction of sp³-hybridized carbons (Fsp3) is 0.294. The quantitative estimate of drug-likeness (QED) is 0.741. The zero-order valence-corrected chi connectivity index (χ0v) is 14.4. The van der Waals surface area contributed by atoms with Crippen molar-refractivity contribution in [1.29, 1.82) is 0 Å². The van der Waals surface area contributed by atoms with E-state index in [0.717, 1.165) is 23.8 Å². The van der Waals surface area contributed by atoms with Crippen LogP contribution in [-0.4, -0.2) is 27.2 Å². The van der Waals surface area contributed by atoms with Gasteiger partial charge in [0.25, 0.3) is 0 Å². The molecule has 8 heteroatoms. The van der Waals surface area contributed by atoms with Crippen LogP contribution < -0.4 is 15.2 Å². The summed E-state index contributed by atoms with van der Waals surface area (Å²) in [6.45, 7) is 0. The van der Waals surface area contributed by atoms with Gasteiger partial charge in [-0.3, -0.25) is 0 Å². The highest BCUT2D eigenvalue weighted by Gasteiger charge is 2.25. The number of hydrogen-bond donors (Lipinski definition) is 1. The highest BCUT2D eigenvalue weighted by Crippen LogP contribution is 2.43. The largest absolute Gasteiger partial charge is 0.490 e. The second kappa shape index (κ2) is 6.44. The third-order valence-corrected chi connectivity index (χ3v) is 4.83. The molecule has 0 bridgehead atoms. The molecule has 1 fully saturated rings. The highest BCUT2D eigenvalue weighted by atomic mass is 32.2. The van der Waals surface area contributed by atoms with Gasteiger partial charge in [-0.15, -0.1) is 3.89 Å². The third-order valence-electron chi connectivity index (χ3n) is 4.40. The summed E-state index contributed by atoms with van der Waals surface area (Å²) in [4.78, 5) is 8.53. The van der Waals surface area contributed by atoms with Gasteiger partial charge in [0.1, 0.15) is 11.6 Å². The Balaban J connectivity index is 1.93. The van der Waals surface area contributed by atoms with Gasteiger partial charge in [0, 0.05) is 23.3 Å². The summed E-state index contributed by atoms with van der Waals surface area (Å²) in [5.41, 5.74) is 7.64. The van der Waals surface area contributed by atoms with Gasteiger partial charge >= 0.3 is 0 Å². The van der Waals surface area contributed by atoms with Crippen LogP contribution in [0.3, 0.4) is 0 Å². The van der Waals surface area contributed by atoms with E-state index in [2.05, 4.69) is 9.97 Å². The smallest absolute Gasteiger partial charge is 0.224 e. The van der Waals surface area contributed by atoms with Crippen molar-refractivity contribution in [2.75, 3.05) is 12.8 Å². The predicted molar refractivity (Wildman–Crippen MR) is 96.3 cm³/mol. The third kappa shape index (κ3) is 2.76. The summed E-state index contributed by atoms with van der Waals surface area (Å²) in [5.74, 6) is 1.43. The maximum absolute atomic E-state index is 13.4. The van der Waals surface area contributed by atoms with E-state index in [9.17, 15) is 3.89 Å². The molecule has 0 spiro atoms. The minimum absolute atomic E-state index is 0.0680. The molecular weight excluding hydrogens is 343 g/mol. The maximum atomic E-state index is 13.4. The number of fused-ring (bicyclic) bond motifs is 1. The van der Waals surface area contributed by atoms with Crippen molar-refractivity contribution in [3.05, 3.63) is 30.6 Å². The molecular formula is C17H17FN4O2S. The molecule has 0 amide bonds. The molecule has 1 saturated carbocycles. The molecule has 0 unspecified atom stereocenters. The SMILES string of the molecule is COc1nccc(OC2CCC2)c1-c1cn(SF)c2nc(N)ccc12. The molecule has 130 valence electrons. The molecule has 0 atom stereocenters. The number of nitrogens with two attached hydrogens (primary N) is 1. The number of nitrogens with zero attached hydrogens (tertiary/aromatic N) is 3. The summed E-state index contributed by atoms with van der Waals surface area (Å²) in [5, 5.41) is 0.754. The van der Waals surface area contributed by atoms with Gasteiger partial charge in [0.2, 0.25) is 5.88 Å². The van der Waals surface area contributed by atoms with Gasteiger partial charge in [0.15, 0.2) is 18.0 Å². The first-order valence-electron chi connectivity index (χ1n) is 7.98. The van der Waals surface area contributed by atoms with E-state index >= 15 is 0 Å². The van der Waals surface area contributed by atoms with Crippen LogP contribution in [0.15, 0.2) is 30.6 Å². The van der Waals surface area contributed by atoms with E-state index in [4.69, 9.17) is 15.2 Å². The van der Waals surface area contributed by atoms with E-state index in [1.807, 2.05) is 12.1 Å². The number of ether oxygens (including phenoxy) is 2. The second-order valence-electron chi connectivity index (χ2n) is 5.91. The van der Waals surface area contributed by atoms with Gasteiger partial charge in [-0.25, -0.2) is 13.9 Å². The predicted octanol–water partition coefficient (Wildman–Crippen LogP) is 4.00. The van der Waals surface area contributed by atoms with E-state index < -0.39 is 0 Å². The van der Waals surface area contributed by atoms with Crippen molar-refractivity contribution in [2.45, 2.75) is 25.4 Å². The first-order valence-corrected chi connectivity index (χ1v) is 8.65. The maximum Gasteiger partial charge on any atom is 0.224 e. The number of anilines is 1. The molecule has 0 aliphatic heterocycles. The van der Waals surface area contributed by atoms with Crippen molar-refractivity contribution < 1.29 is 13.4 Å². The number of hydrogen-bond acceptors (Lipinski definition) is 6. The Morgan fingerprint density at radius 1 is 1.32 bits per heavy atom. The standard InChI is InChI=1S/C17H17FN4O2S/c1-23-17-15(13(7-8-20-17)24-10-3-2-4-10)12-9-22(25-18)16-11(12)5-6-14(19)21-16/h5-10H,2-4H2,1H3,(H2,19,21). The van der Waals surface area contributed by atoms with Gasteiger partial charge in [-0.1, -0.05) is 0 Å². The fourth-order valence-corrected chi connectivity index (χ4v) is 3.29. The Labute approximate surface area is 148 Å². The molecule has 3 aromatic rings. The van der Waals surface area contributed by atoms with Crippen LogP contribution in [0, 0.1) is 0 Å². The van der Waals surface area contributed by atoms with E-state index in [0.29, 0.717) is 28.7 Å². The minimum atomic E-state index is 0.0680. The lowest BCUT2D eigenvalue weighted by Crippen LogP contribution is -2.24. The molecule has 0 aromatic carbocycles. The topological polar surface area (TPSA) is 75.2 Å². The van der Waals surface area contributed by atoms with Crippen LogP contribution in [0.5, 0.6) is 11.6 Å². The number of halogens is 1. The van der Waals surface area contributed by atoms with Crippen molar-refractivity contribution in [3.8, 4) is 22.8 Å². The van der Waals surface area contributed by atoms with Crippen LogP contribution in [0.2, 0.25) is 0 Å². The van der Waals surface area contributed by atoms with Crippen molar-refractivity contribution in [2.24, 2.45) is 0 Å². The average molecular weight is 360 g/mol. The highest BCUT2D eigenvalue weighted by molar-refractivity contribution is 7.92. The Morgan fingerprint density at radius 3 is 2.84 bits per heavy atom. The summed E-state index contributed by atoms with van der Waals surface area (Å²) >= 11 is 0.0680. The number of aromatic nitrogens is 3. The summed E-state index contributed by atoms with van der Waals surface area (Å²) < 4.78 is 26.3. The molecule has 0 saturated heterocycles. The summed E-state index contributed by atoms with van der Waals surface area (Å²) in [7, 11) is 1.55. The van der Waals surface area contributed by atoms with E-state index in [1.165, 1.54) is 10.4 Å². The number of pyridine rings is 2. The van der Waals surface area contributed by atoms with Gasteiger partial charge in [0.05, 0.1) is 18.8 Å². The van der Waals surface area contributed by atoms with Gasteiger partial charge in [-0.05, 0) is 37.5 Å². The van der Waals surface area contributed by atoms with E-state index in [1.54, 1.807) is 25.6 Å². The monoisotopic (exact) mass is 360 g/mol. The van der Waals surface area contributed by atoms with Crippen LogP contribution in [-0.2, 0) is 0 Å². The molecule has 25 heavy (non-hydrogen) atoms. The molecule has 2 N–H and O–H groups in total. The summed E-state index contributed by atoms with van der Waals surface area (Å²) in [6, 6.07) is 5.32. The lowest BCUT2D eigenvalue weighted by molar-refractivity contribution is 0.120. The number of nitrogen functional groups attached to an aromatic ring is 1. The van der Waals surface area contributed by atoms with Crippen molar-refractivity contribution >= 4 is 29.2 Å². The number of methoxy groups -OCH3 is 1. The zero-order valence-electron chi connectivity index (χ0n) is 13.6. The number of rotatable bonds is 5. The van der Waals surface area contributed by atoms with Gasteiger partial charge in [-0.2, -0.15) is 0 Å². The van der Waals surface area contributed by atoms with E-state index in [-0.39, 0.29) is 18.4 Å². The minimum Gasteiger partial charge on any atom is -0.490 e. The molecule has 3 heterocycles. The average Bonchev–Trinajstić information content (AvgIpc) is 2.95. The molecule has 4 rings (SSSR count). The summed E-state index contributed by atoms with van der Waals surface area (Å²) in [6.07, 6.45) is 6.74. The first-order chi connectivity index (χ1) is 12.2. The molecule has 0 radical (unpaired) electrons. The lowest BCUT2D eigenvalue weighted by Gasteiger charge is -2.27. The molecule has 1 aliphatic rings. The Hall–Kier alpha value is -2.48. The Morgan fingerprint density at radius 2 is 2.16 bits per heavy atom. The Kier molecular flexibility index (Phi) is 4.12. The van der Waals surface area contributed by atoms with Crippen molar-refractivity contribution in [1.82, 2.24) is 13.9 Å². The molecule has 6 nitrogen and oxygen atoms in total. The van der Waals surface area contributed by atoms with Gasteiger partial charge < -0.3 is 15.2 Å². The Bertz CT molecular complexity index is 926. The van der Waals surface area contributed by atoms with Crippen LogP contribution in [0.1, 0.15) is 19.3 Å². The van der Waals surface area contributed by atoms with Crippen molar-refractivity contribution in [3.63, 3.8) is 0 Å². The molecule has 3 aromatic heterocycles. The first kappa shape index (κ1) is 16.0. The van der Waals surface area contributed by atoms with Crippen LogP contribution >= 0.6 is 12.3 Å². The zero-order chi connectivity index (χ0) is 17.4. The van der Waals surface area contributed by atoms with Crippen LogP contribution in [0.4, 0.5) is 9.70 Å². The lowest BCUT2D eigenvalue weighted by atomic mass is 9.96.